The first-order chi connectivity index (χ1) is 9.25. The number of hydrogen-bond donors (Lipinski definition) is 0. The number of para-hydroxylation sites is 1. The normalized spacial score (nSPS) is 15.7. The smallest absolute Gasteiger partial charge is 0.267 e. The molecule has 4 nitrogen and oxygen atoms in total. The lowest BCUT2D eigenvalue weighted by molar-refractivity contribution is 0.650. The molecule has 0 unspecified atom stereocenters. The molecule has 0 atom stereocenters. The van der Waals surface area contributed by atoms with Crippen molar-refractivity contribution in [3.8, 4) is 0 Å². The molecule has 0 radical (unpaired) electrons. The summed E-state index contributed by atoms with van der Waals surface area (Å²) in [6.45, 7) is 1.83. The van der Waals surface area contributed by atoms with Crippen LogP contribution in [0.1, 0.15) is 37.9 Å². The van der Waals surface area contributed by atoms with Gasteiger partial charge in [-0.3, -0.25) is 4.79 Å². The molecule has 1 fully saturated rings. The van der Waals surface area contributed by atoms with Crippen LogP contribution in [0.25, 0.3) is 10.9 Å². The van der Waals surface area contributed by atoms with Gasteiger partial charge in [-0.1, -0.05) is 18.6 Å². The molecule has 0 bridgehead atoms. The van der Waals surface area contributed by atoms with E-state index in [1.807, 2.05) is 31.2 Å². The summed E-state index contributed by atoms with van der Waals surface area (Å²) in [5.41, 5.74) is 1.79. The van der Waals surface area contributed by atoms with Gasteiger partial charge in [-0.05, 0) is 44.7 Å². The van der Waals surface area contributed by atoms with Crippen LogP contribution in [0, 0.1) is 6.92 Å². The Hall–Kier alpha value is -1.97. The predicted octanol–water partition coefficient (Wildman–Crippen LogP) is 2.87. The van der Waals surface area contributed by atoms with E-state index in [-0.39, 0.29) is 5.56 Å². The highest BCUT2D eigenvalue weighted by Gasteiger charge is 2.10. The minimum atomic E-state index is -0.0684. The zero-order valence-electron chi connectivity index (χ0n) is 11.1. The summed E-state index contributed by atoms with van der Waals surface area (Å²) in [6.07, 6.45) is 5.61. The lowest BCUT2D eigenvalue weighted by Gasteiger charge is -2.13. The molecule has 0 aliphatic heterocycles. The van der Waals surface area contributed by atoms with Gasteiger partial charge in [0.05, 0.1) is 10.9 Å². The van der Waals surface area contributed by atoms with Crippen LogP contribution < -0.4 is 5.56 Å². The van der Waals surface area contributed by atoms with E-state index in [0.29, 0.717) is 11.2 Å². The van der Waals surface area contributed by atoms with Gasteiger partial charge in [0.25, 0.3) is 5.56 Å². The third-order valence-electron chi connectivity index (χ3n) is 3.59. The molecule has 0 spiro atoms. The Balaban J connectivity index is 2.15. The minimum absolute atomic E-state index is 0.0684. The van der Waals surface area contributed by atoms with Crippen molar-refractivity contribution in [2.24, 2.45) is 5.10 Å². The number of aromatic nitrogens is 2. The Kier molecular flexibility index (Phi) is 3.15. The molecule has 1 aliphatic carbocycles. The quantitative estimate of drug-likeness (QED) is 0.786. The highest BCUT2D eigenvalue weighted by atomic mass is 16.1. The number of aryl methyl sites for hydroxylation is 1. The second kappa shape index (κ2) is 4.96. The van der Waals surface area contributed by atoms with E-state index >= 15 is 0 Å². The average Bonchev–Trinajstić information content (AvgIpc) is 2.45. The number of hydrogen-bond acceptors (Lipinski definition) is 3. The maximum absolute atomic E-state index is 12.4. The maximum Gasteiger partial charge on any atom is 0.282 e. The molecule has 1 saturated carbocycles. The van der Waals surface area contributed by atoms with Gasteiger partial charge >= 0.3 is 0 Å². The summed E-state index contributed by atoms with van der Waals surface area (Å²) in [7, 11) is 0. The second-order valence-electron chi connectivity index (χ2n) is 5.02. The predicted molar refractivity (Wildman–Crippen MR) is 76.7 cm³/mol. The van der Waals surface area contributed by atoms with Crippen LogP contribution in [0.2, 0.25) is 0 Å². The monoisotopic (exact) mass is 255 g/mol. The second-order valence-corrected chi connectivity index (χ2v) is 5.02. The van der Waals surface area contributed by atoms with Crippen molar-refractivity contribution in [3.05, 3.63) is 40.4 Å². The summed E-state index contributed by atoms with van der Waals surface area (Å²) >= 11 is 0. The number of nitrogens with zero attached hydrogens (tertiary/aromatic N) is 3. The highest BCUT2D eigenvalue weighted by molar-refractivity contribution is 5.85. The first kappa shape index (κ1) is 12.1. The number of benzene rings is 1. The molecule has 1 aromatic heterocycles. The Morgan fingerprint density at radius 2 is 1.89 bits per heavy atom. The highest BCUT2D eigenvalue weighted by Crippen LogP contribution is 2.15. The minimum Gasteiger partial charge on any atom is -0.267 e. The Morgan fingerprint density at radius 3 is 2.68 bits per heavy atom. The van der Waals surface area contributed by atoms with Crippen LogP contribution in [-0.2, 0) is 0 Å². The van der Waals surface area contributed by atoms with Crippen molar-refractivity contribution in [1.29, 1.82) is 0 Å². The van der Waals surface area contributed by atoms with Gasteiger partial charge < -0.3 is 0 Å². The Bertz CT molecular complexity index is 692. The van der Waals surface area contributed by atoms with Crippen molar-refractivity contribution >= 4 is 16.6 Å². The van der Waals surface area contributed by atoms with E-state index < -0.39 is 0 Å². The van der Waals surface area contributed by atoms with E-state index in [2.05, 4.69) is 10.1 Å². The van der Waals surface area contributed by atoms with E-state index in [0.717, 1.165) is 24.1 Å². The standard InChI is InChI=1S/C15H17N3O/c1-11-16-14-10-6-5-9-13(14)15(19)18(11)17-12-7-3-2-4-8-12/h5-6,9-10H,2-4,7-8H2,1H3. The number of fused-ring (bicyclic) bond motifs is 1. The molecular formula is C15H17N3O. The number of rotatable bonds is 1. The summed E-state index contributed by atoms with van der Waals surface area (Å²) in [4.78, 5) is 16.9. The first-order valence-electron chi connectivity index (χ1n) is 6.81. The molecule has 1 aromatic carbocycles. The van der Waals surface area contributed by atoms with Crippen molar-refractivity contribution in [2.75, 3.05) is 0 Å². The first-order valence-corrected chi connectivity index (χ1v) is 6.81. The van der Waals surface area contributed by atoms with Gasteiger partial charge in [0, 0.05) is 5.71 Å². The summed E-state index contributed by atoms with van der Waals surface area (Å²) in [6, 6.07) is 7.42. The third kappa shape index (κ3) is 2.30. The molecule has 0 saturated heterocycles. The third-order valence-corrected chi connectivity index (χ3v) is 3.59. The van der Waals surface area contributed by atoms with Crippen molar-refractivity contribution in [2.45, 2.75) is 39.0 Å². The maximum atomic E-state index is 12.4. The summed E-state index contributed by atoms with van der Waals surface area (Å²) in [5.74, 6) is 0.654. The van der Waals surface area contributed by atoms with E-state index in [1.165, 1.54) is 23.9 Å². The molecule has 98 valence electrons. The Labute approximate surface area is 111 Å². The van der Waals surface area contributed by atoms with Gasteiger partial charge in [-0.2, -0.15) is 9.78 Å². The fourth-order valence-electron chi connectivity index (χ4n) is 2.55. The fraction of sp³-hybridized carbons (Fsp3) is 0.400. The van der Waals surface area contributed by atoms with Gasteiger partial charge in [0.1, 0.15) is 5.82 Å². The zero-order chi connectivity index (χ0) is 13.2. The van der Waals surface area contributed by atoms with Crippen molar-refractivity contribution in [1.82, 2.24) is 9.66 Å². The molecule has 0 amide bonds. The molecule has 1 heterocycles. The van der Waals surface area contributed by atoms with Crippen molar-refractivity contribution < 1.29 is 0 Å². The average molecular weight is 255 g/mol. The molecule has 1 aliphatic rings. The van der Waals surface area contributed by atoms with Crippen LogP contribution in [-0.4, -0.2) is 15.4 Å². The Morgan fingerprint density at radius 1 is 1.16 bits per heavy atom. The van der Waals surface area contributed by atoms with Crippen LogP contribution in [0.4, 0.5) is 0 Å². The van der Waals surface area contributed by atoms with Crippen molar-refractivity contribution in [3.63, 3.8) is 0 Å². The molecule has 3 rings (SSSR count). The summed E-state index contributed by atoms with van der Waals surface area (Å²) < 4.78 is 1.46. The molecular weight excluding hydrogens is 238 g/mol. The van der Waals surface area contributed by atoms with Gasteiger partial charge in [0.2, 0.25) is 0 Å². The molecule has 0 N–H and O–H groups in total. The van der Waals surface area contributed by atoms with Gasteiger partial charge in [-0.15, -0.1) is 0 Å². The van der Waals surface area contributed by atoms with E-state index in [1.54, 1.807) is 0 Å². The lowest BCUT2D eigenvalue weighted by atomic mass is 9.99. The van der Waals surface area contributed by atoms with E-state index in [9.17, 15) is 4.79 Å². The summed E-state index contributed by atoms with van der Waals surface area (Å²) in [5, 5.41) is 5.16. The zero-order valence-corrected chi connectivity index (χ0v) is 11.1. The SMILES string of the molecule is Cc1nc2ccccc2c(=O)n1N=C1CCCCC1. The molecule has 4 heteroatoms. The van der Waals surface area contributed by atoms with Crippen LogP contribution in [0.5, 0.6) is 0 Å². The van der Waals surface area contributed by atoms with Crippen LogP contribution >= 0.6 is 0 Å². The van der Waals surface area contributed by atoms with Gasteiger partial charge in [-0.25, -0.2) is 4.98 Å². The fourth-order valence-corrected chi connectivity index (χ4v) is 2.55. The lowest BCUT2D eigenvalue weighted by Crippen LogP contribution is -2.22. The topological polar surface area (TPSA) is 47.2 Å². The van der Waals surface area contributed by atoms with Crippen LogP contribution in [0.3, 0.4) is 0 Å². The van der Waals surface area contributed by atoms with E-state index in [4.69, 9.17) is 0 Å². The van der Waals surface area contributed by atoms with Crippen LogP contribution in [0.15, 0.2) is 34.2 Å². The molecule has 2 aromatic rings. The van der Waals surface area contributed by atoms with Gasteiger partial charge in [0.15, 0.2) is 0 Å². The molecule has 19 heavy (non-hydrogen) atoms. The largest absolute Gasteiger partial charge is 0.282 e.